The topological polar surface area (TPSA) is 87.1 Å². The molecule has 0 bridgehead atoms. The lowest BCUT2D eigenvalue weighted by atomic mass is 10.0. The van der Waals surface area contributed by atoms with Crippen LogP contribution in [0.4, 0.5) is 0 Å². The third-order valence-electron chi connectivity index (χ3n) is 1.86. The van der Waals surface area contributed by atoms with Crippen molar-refractivity contribution in [3.63, 3.8) is 0 Å². The van der Waals surface area contributed by atoms with Crippen molar-refractivity contribution < 1.29 is 9.90 Å². The highest BCUT2D eigenvalue weighted by Crippen LogP contribution is 2.14. The van der Waals surface area contributed by atoms with Crippen LogP contribution in [0.15, 0.2) is 24.3 Å². The van der Waals surface area contributed by atoms with Gasteiger partial charge in [-0.15, -0.1) is 0 Å². The molecule has 1 rings (SSSR count). The van der Waals surface area contributed by atoms with Crippen molar-refractivity contribution >= 4 is 5.97 Å². The Hall–Kier alpha value is -1.86. The molecule has 0 radical (unpaired) electrons. The Morgan fingerprint density at radius 1 is 1.50 bits per heavy atom. The van der Waals surface area contributed by atoms with Crippen molar-refractivity contribution in [2.75, 3.05) is 0 Å². The van der Waals surface area contributed by atoms with Gasteiger partial charge in [0.05, 0.1) is 18.1 Å². The van der Waals surface area contributed by atoms with E-state index in [1.807, 2.05) is 6.07 Å². The van der Waals surface area contributed by atoms with E-state index in [0.717, 1.165) is 5.56 Å². The molecule has 1 aromatic rings. The highest BCUT2D eigenvalue weighted by atomic mass is 16.4. The van der Waals surface area contributed by atoms with Crippen LogP contribution >= 0.6 is 0 Å². The summed E-state index contributed by atoms with van der Waals surface area (Å²) < 4.78 is 0. The van der Waals surface area contributed by atoms with Crippen molar-refractivity contribution in [3.8, 4) is 6.07 Å². The summed E-state index contributed by atoms with van der Waals surface area (Å²) in [6.45, 7) is 0. The van der Waals surface area contributed by atoms with Crippen LogP contribution in [-0.2, 0) is 4.79 Å². The van der Waals surface area contributed by atoms with Crippen molar-refractivity contribution in [3.05, 3.63) is 35.4 Å². The van der Waals surface area contributed by atoms with Gasteiger partial charge in [-0.3, -0.25) is 4.79 Å². The van der Waals surface area contributed by atoms with Gasteiger partial charge in [-0.2, -0.15) is 5.26 Å². The van der Waals surface area contributed by atoms with E-state index in [9.17, 15) is 4.79 Å². The Labute approximate surface area is 81.6 Å². The van der Waals surface area contributed by atoms with Crippen LogP contribution in [0.3, 0.4) is 0 Å². The van der Waals surface area contributed by atoms with Gasteiger partial charge in [0.1, 0.15) is 0 Å². The first-order valence-corrected chi connectivity index (χ1v) is 4.11. The van der Waals surface area contributed by atoms with E-state index in [1.54, 1.807) is 24.3 Å². The summed E-state index contributed by atoms with van der Waals surface area (Å²) in [5, 5.41) is 17.1. The first-order chi connectivity index (χ1) is 6.63. The molecule has 0 saturated heterocycles. The third kappa shape index (κ3) is 2.57. The molecule has 0 spiro atoms. The Morgan fingerprint density at radius 2 is 2.07 bits per heavy atom. The fourth-order valence-corrected chi connectivity index (χ4v) is 1.11. The van der Waals surface area contributed by atoms with Gasteiger partial charge in [-0.1, -0.05) is 12.1 Å². The Morgan fingerprint density at radius 3 is 2.50 bits per heavy atom. The van der Waals surface area contributed by atoms with E-state index in [1.165, 1.54) is 0 Å². The number of rotatable bonds is 3. The van der Waals surface area contributed by atoms with Crippen molar-refractivity contribution in [1.82, 2.24) is 0 Å². The van der Waals surface area contributed by atoms with Gasteiger partial charge < -0.3 is 10.8 Å². The van der Waals surface area contributed by atoms with Gasteiger partial charge in [0.2, 0.25) is 0 Å². The van der Waals surface area contributed by atoms with Crippen LogP contribution in [0.2, 0.25) is 0 Å². The van der Waals surface area contributed by atoms with Crippen molar-refractivity contribution in [1.29, 1.82) is 5.26 Å². The van der Waals surface area contributed by atoms with Crippen LogP contribution in [0.5, 0.6) is 0 Å². The molecule has 0 heterocycles. The van der Waals surface area contributed by atoms with Gasteiger partial charge >= 0.3 is 5.97 Å². The molecule has 0 aliphatic heterocycles. The number of aliphatic carboxylic acids is 1. The van der Waals surface area contributed by atoms with Crippen LogP contribution in [0.25, 0.3) is 0 Å². The zero-order chi connectivity index (χ0) is 10.6. The lowest BCUT2D eigenvalue weighted by molar-refractivity contribution is -0.137. The number of carbonyl (C=O) groups is 1. The molecule has 14 heavy (non-hydrogen) atoms. The predicted octanol–water partition coefficient (Wildman–Crippen LogP) is 1.03. The molecule has 0 aliphatic rings. The lowest BCUT2D eigenvalue weighted by Crippen LogP contribution is -2.14. The van der Waals surface area contributed by atoms with E-state index in [0.29, 0.717) is 5.56 Å². The van der Waals surface area contributed by atoms with E-state index in [2.05, 4.69) is 0 Å². The van der Waals surface area contributed by atoms with E-state index >= 15 is 0 Å². The summed E-state index contributed by atoms with van der Waals surface area (Å²) in [5.41, 5.74) is 6.89. The van der Waals surface area contributed by atoms with Crippen LogP contribution in [-0.4, -0.2) is 11.1 Å². The molecular formula is C10H10N2O2. The predicted molar refractivity (Wildman–Crippen MR) is 50.3 cm³/mol. The standard InChI is InChI=1S/C10H10N2O2/c11-6-7-1-3-8(4-2-7)9(12)5-10(13)14/h1-4,9H,5,12H2,(H,13,14). The van der Waals surface area contributed by atoms with Gasteiger partial charge in [-0.25, -0.2) is 0 Å². The highest BCUT2D eigenvalue weighted by molar-refractivity contribution is 5.67. The average molecular weight is 190 g/mol. The molecule has 0 aliphatic carbocycles. The molecule has 72 valence electrons. The SMILES string of the molecule is N#Cc1ccc(C(N)CC(=O)O)cc1. The molecule has 0 fully saturated rings. The fraction of sp³-hybridized carbons (Fsp3) is 0.200. The first-order valence-electron chi connectivity index (χ1n) is 4.11. The number of nitrogens with zero attached hydrogens (tertiary/aromatic N) is 1. The molecule has 1 atom stereocenters. The summed E-state index contributed by atoms with van der Waals surface area (Å²) in [4.78, 5) is 10.4. The molecule has 4 nitrogen and oxygen atoms in total. The van der Waals surface area contributed by atoms with Crippen molar-refractivity contribution in [2.45, 2.75) is 12.5 Å². The number of hydrogen-bond donors (Lipinski definition) is 2. The summed E-state index contributed by atoms with van der Waals surface area (Å²) in [6, 6.07) is 8.05. The Balaban J connectivity index is 2.77. The lowest BCUT2D eigenvalue weighted by Gasteiger charge is -2.08. The highest BCUT2D eigenvalue weighted by Gasteiger charge is 2.09. The third-order valence-corrected chi connectivity index (χ3v) is 1.86. The number of hydrogen-bond acceptors (Lipinski definition) is 3. The minimum Gasteiger partial charge on any atom is -0.481 e. The molecule has 0 amide bonds. The maximum Gasteiger partial charge on any atom is 0.305 e. The molecule has 4 heteroatoms. The second-order valence-corrected chi connectivity index (χ2v) is 2.94. The average Bonchev–Trinajstić information content (AvgIpc) is 2.17. The van der Waals surface area contributed by atoms with Crippen LogP contribution in [0, 0.1) is 11.3 Å². The zero-order valence-electron chi connectivity index (χ0n) is 7.47. The van der Waals surface area contributed by atoms with Crippen LogP contribution in [0.1, 0.15) is 23.6 Å². The smallest absolute Gasteiger partial charge is 0.305 e. The van der Waals surface area contributed by atoms with E-state index in [4.69, 9.17) is 16.1 Å². The Bertz CT molecular complexity index is 365. The summed E-state index contributed by atoms with van der Waals surface area (Å²) >= 11 is 0. The largest absolute Gasteiger partial charge is 0.481 e. The minimum atomic E-state index is -0.929. The minimum absolute atomic E-state index is 0.105. The van der Waals surface area contributed by atoms with Gasteiger partial charge in [-0.05, 0) is 17.7 Å². The van der Waals surface area contributed by atoms with E-state index < -0.39 is 12.0 Å². The summed E-state index contributed by atoms with van der Waals surface area (Å²) in [5.74, 6) is -0.929. The number of carboxylic acid groups (broad SMARTS) is 1. The molecule has 0 saturated carbocycles. The molecule has 1 unspecified atom stereocenters. The quantitative estimate of drug-likeness (QED) is 0.745. The van der Waals surface area contributed by atoms with Gasteiger partial charge in [0.25, 0.3) is 0 Å². The van der Waals surface area contributed by atoms with Gasteiger partial charge in [0.15, 0.2) is 0 Å². The molecule has 1 aromatic carbocycles. The second kappa shape index (κ2) is 4.40. The normalized spacial score (nSPS) is 11.7. The zero-order valence-corrected chi connectivity index (χ0v) is 7.47. The molecule has 0 aromatic heterocycles. The maximum absolute atomic E-state index is 10.4. The molecule has 3 N–H and O–H groups in total. The number of carboxylic acids is 1. The summed E-state index contributed by atoms with van der Waals surface area (Å²) in [7, 11) is 0. The number of nitriles is 1. The second-order valence-electron chi connectivity index (χ2n) is 2.94. The van der Waals surface area contributed by atoms with Crippen molar-refractivity contribution in [2.24, 2.45) is 5.73 Å². The molecular weight excluding hydrogens is 180 g/mol. The number of benzene rings is 1. The maximum atomic E-state index is 10.4. The monoisotopic (exact) mass is 190 g/mol. The van der Waals surface area contributed by atoms with E-state index in [-0.39, 0.29) is 6.42 Å². The van der Waals surface area contributed by atoms with Gasteiger partial charge in [0, 0.05) is 6.04 Å². The first kappa shape index (κ1) is 10.2. The van der Waals surface area contributed by atoms with Crippen LogP contribution < -0.4 is 5.73 Å². The number of nitrogens with two attached hydrogens (primary N) is 1. The fourth-order valence-electron chi connectivity index (χ4n) is 1.11. The Kier molecular flexibility index (Phi) is 3.21. The summed E-state index contributed by atoms with van der Waals surface area (Å²) in [6.07, 6.45) is -0.105.